The molecule has 0 aliphatic rings. The van der Waals surface area contributed by atoms with E-state index >= 15 is 0 Å². The molecule has 0 bridgehead atoms. The summed E-state index contributed by atoms with van der Waals surface area (Å²) in [6.07, 6.45) is 0.364. The van der Waals surface area contributed by atoms with Crippen molar-refractivity contribution < 1.29 is 9.53 Å². The highest BCUT2D eigenvalue weighted by Crippen LogP contribution is 2.20. The molecule has 3 heteroatoms. The van der Waals surface area contributed by atoms with Crippen LogP contribution in [-0.4, -0.2) is 12.9 Å². The molecule has 2 nitrogen and oxygen atoms in total. The number of ketones is 1. The lowest BCUT2D eigenvalue weighted by Gasteiger charge is -2.07. The zero-order chi connectivity index (χ0) is 13.8. The summed E-state index contributed by atoms with van der Waals surface area (Å²) in [5.41, 5.74) is 2.64. The molecule has 0 amide bonds. The SMILES string of the molecule is COc1cc(C(=O)Cc2ccc(Cl)cc2)ccc1C. The summed E-state index contributed by atoms with van der Waals surface area (Å²) in [4.78, 5) is 12.2. The lowest BCUT2D eigenvalue weighted by Crippen LogP contribution is -2.04. The summed E-state index contributed by atoms with van der Waals surface area (Å²) in [7, 11) is 1.61. The Morgan fingerprint density at radius 1 is 1.16 bits per heavy atom. The number of carbonyl (C=O) groups excluding carboxylic acids is 1. The van der Waals surface area contributed by atoms with Gasteiger partial charge in [0, 0.05) is 17.0 Å². The predicted octanol–water partition coefficient (Wildman–Crippen LogP) is 4.08. The zero-order valence-electron chi connectivity index (χ0n) is 10.9. The van der Waals surface area contributed by atoms with Gasteiger partial charge in [0.1, 0.15) is 5.75 Å². The maximum absolute atomic E-state index is 12.2. The molecular weight excluding hydrogens is 260 g/mol. The predicted molar refractivity (Wildman–Crippen MR) is 77.2 cm³/mol. The summed E-state index contributed by atoms with van der Waals surface area (Å²) < 4.78 is 5.23. The van der Waals surface area contributed by atoms with Gasteiger partial charge in [0.25, 0.3) is 0 Å². The molecule has 0 atom stereocenters. The van der Waals surface area contributed by atoms with Crippen LogP contribution in [-0.2, 0) is 6.42 Å². The molecule has 0 radical (unpaired) electrons. The topological polar surface area (TPSA) is 26.3 Å². The highest BCUT2D eigenvalue weighted by molar-refractivity contribution is 6.30. The Balaban J connectivity index is 2.18. The van der Waals surface area contributed by atoms with Crippen LogP contribution >= 0.6 is 11.6 Å². The molecule has 0 fully saturated rings. The molecule has 0 aliphatic carbocycles. The Kier molecular flexibility index (Phi) is 4.23. The Labute approximate surface area is 118 Å². The fourth-order valence-electron chi connectivity index (χ4n) is 1.88. The van der Waals surface area contributed by atoms with Gasteiger partial charge in [-0.1, -0.05) is 35.9 Å². The third-order valence-electron chi connectivity index (χ3n) is 3.01. The van der Waals surface area contributed by atoms with E-state index in [1.54, 1.807) is 25.3 Å². The average Bonchev–Trinajstić information content (AvgIpc) is 2.42. The van der Waals surface area contributed by atoms with Crippen LogP contribution in [0.3, 0.4) is 0 Å². The highest BCUT2D eigenvalue weighted by atomic mass is 35.5. The molecule has 0 aliphatic heterocycles. The number of aryl methyl sites for hydroxylation is 1. The van der Waals surface area contributed by atoms with E-state index in [0.717, 1.165) is 16.9 Å². The zero-order valence-corrected chi connectivity index (χ0v) is 11.7. The molecule has 98 valence electrons. The first-order valence-electron chi connectivity index (χ1n) is 6.02. The monoisotopic (exact) mass is 274 g/mol. The third kappa shape index (κ3) is 3.36. The molecule has 0 saturated carbocycles. The number of hydrogen-bond acceptors (Lipinski definition) is 2. The number of hydrogen-bond donors (Lipinski definition) is 0. The molecule has 0 aromatic heterocycles. The van der Waals surface area contributed by atoms with Crippen LogP contribution < -0.4 is 4.74 Å². The number of rotatable bonds is 4. The lowest BCUT2D eigenvalue weighted by molar-refractivity contribution is 0.0992. The smallest absolute Gasteiger partial charge is 0.167 e. The second-order valence-electron chi connectivity index (χ2n) is 4.41. The Bertz CT molecular complexity index is 588. The fourth-order valence-corrected chi connectivity index (χ4v) is 2.01. The van der Waals surface area contributed by atoms with Gasteiger partial charge < -0.3 is 4.74 Å². The van der Waals surface area contributed by atoms with Gasteiger partial charge in [-0.15, -0.1) is 0 Å². The first-order valence-corrected chi connectivity index (χ1v) is 6.40. The van der Waals surface area contributed by atoms with Gasteiger partial charge in [0.15, 0.2) is 5.78 Å². The van der Waals surface area contributed by atoms with Crippen molar-refractivity contribution in [2.75, 3.05) is 7.11 Å². The first kappa shape index (κ1) is 13.6. The van der Waals surface area contributed by atoms with E-state index in [-0.39, 0.29) is 5.78 Å². The van der Waals surface area contributed by atoms with Crippen LogP contribution in [0.5, 0.6) is 5.75 Å². The summed E-state index contributed by atoms with van der Waals surface area (Å²) >= 11 is 5.82. The van der Waals surface area contributed by atoms with Crippen LogP contribution in [0, 0.1) is 6.92 Å². The Morgan fingerprint density at radius 2 is 1.84 bits per heavy atom. The van der Waals surface area contributed by atoms with E-state index in [1.807, 2.05) is 31.2 Å². The van der Waals surface area contributed by atoms with Crippen molar-refractivity contribution >= 4 is 17.4 Å². The quantitative estimate of drug-likeness (QED) is 0.785. The Morgan fingerprint density at radius 3 is 2.47 bits per heavy atom. The van der Waals surface area contributed by atoms with E-state index in [1.165, 1.54) is 0 Å². The van der Waals surface area contributed by atoms with Crippen molar-refractivity contribution in [3.63, 3.8) is 0 Å². The molecule has 19 heavy (non-hydrogen) atoms. The lowest BCUT2D eigenvalue weighted by atomic mass is 10.0. The Hall–Kier alpha value is -1.80. The number of halogens is 1. The number of ether oxygens (including phenoxy) is 1. The molecule has 2 aromatic carbocycles. The molecule has 0 saturated heterocycles. The van der Waals surface area contributed by atoms with Crippen LogP contribution in [0.4, 0.5) is 0 Å². The van der Waals surface area contributed by atoms with Crippen LogP contribution in [0.25, 0.3) is 0 Å². The molecule has 0 heterocycles. The highest BCUT2D eigenvalue weighted by Gasteiger charge is 2.09. The van der Waals surface area contributed by atoms with Crippen LogP contribution in [0.2, 0.25) is 5.02 Å². The second-order valence-corrected chi connectivity index (χ2v) is 4.85. The number of methoxy groups -OCH3 is 1. The molecular formula is C16H15ClO2. The summed E-state index contributed by atoms with van der Waals surface area (Å²) in [5.74, 6) is 0.808. The normalized spacial score (nSPS) is 10.3. The van der Waals surface area contributed by atoms with Gasteiger partial charge in [-0.25, -0.2) is 0 Å². The molecule has 0 unspecified atom stereocenters. The maximum atomic E-state index is 12.2. The van der Waals surface area contributed by atoms with E-state index in [9.17, 15) is 4.79 Å². The van der Waals surface area contributed by atoms with Gasteiger partial charge in [0.05, 0.1) is 7.11 Å². The van der Waals surface area contributed by atoms with Crippen molar-refractivity contribution in [3.8, 4) is 5.75 Å². The van der Waals surface area contributed by atoms with Gasteiger partial charge in [0.2, 0.25) is 0 Å². The van der Waals surface area contributed by atoms with Gasteiger partial charge in [-0.3, -0.25) is 4.79 Å². The van der Waals surface area contributed by atoms with Crippen molar-refractivity contribution in [2.24, 2.45) is 0 Å². The fraction of sp³-hybridized carbons (Fsp3) is 0.188. The van der Waals surface area contributed by atoms with E-state index in [2.05, 4.69) is 0 Å². The van der Waals surface area contributed by atoms with Gasteiger partial charge in [-0.05, 0) is 36.2 Å². The van der Waals surface area contributed by atoms with Crippen LogP contribution in [0.1, 0.15) is 21.5 Å². The molecule has 0 spiro atoms. The van der Waals surface area contributed by atoms with Crippen molar-refractivity contribution in [1.29, 1.82) is 0 Å². The van der Waals surface area contributed by atoms with Gasteiger partial charge >= 0.3 is 0 Å². The average molecular weight is 275 g/mol. The minimum Gasteiger partial charge on any atom is -0.496 e. The number of Topliss-reactive ketones (excluding diaryl/α,β-unsaturated/α-hetero) is 1. The summed E-state index contributed by atoms with van der Waals surface area (Å²) in [5, 5.41) is 0.674. The summed E-state index contributed by atoms with van der Waals surface area (Å²) in [6, 6.07) is 12.8. The standard InChI is InChI=1S/C16H15ClO2/c1-11-3-6-13(10-16(11)19-2)15(18)9-12-4-7-14(17)8-5-12/h3-8,10H,9H2,1-2H3. The molecule has 0 N–H and O–H groups in total. The minimum atomic E-state index is 0.0700. The number of benzene rings is 2. The largest absolute Gasteiger partial charge is 0.496 e. The van der Waals surface area contributed by atoms with Crippen molar-refractivity contribution in [1.82, 2.24) is 0 Å². The summed E-state index contributed by atoms with van der Waals surface area (Å²) in [6.45, 7) is 1.95. The first-order chi connectivity index (χ1) is 9.10. The van der Waals surface area contributed by atoms with E-state index in [4.69, 9.17) is 16.3 Å². The molecule has 2 rings (SSSR count). The maximum Gasteiger partial charge on any atom is 0.167 e. The minimum absolute atomic E-state index is 0.0700. The van der Waals surface area contributed by atoms with Crippen LogP contribution in [0.15, 0.2) is 42.5 Å². The number of carbonyl (C=O) groups is 1. The third-order valence-corrected chi connectivity index (χ3v) is 3.26. The molecule has 2 aromatic rings. The van der Waals surface area contributed by atoms with Crippen molar-refractivity contribution in [2.45, 2.75) is 13.3 Å². The van der Waals surface area contributed by atoms with Crippen molar-refractivity contribution in [3.05, 3.63) is 64.2 Å². The van der Waals surface area contributed by atoms with Gasteiger partial charge in [-0.2, -0.15) is 0 Å². The second kappa shape index (κ2) is 5.89. The van der Waals surface area contributed by atoms with E-state index in [0.29, 0.717) is 17.0 Å². The van der Waals surface area contributed by atoms with E-state index < -0.39 is 0 Å².